The number of likely N-dealkylation sites (tertiary alicyclic amines) is 1. The van der Waals surface area contributed by atoms with Crippen LogP contribution in [0.15, 0.2) is 0 Å². The smallest absolute Gasteiger partial charge is 0.0285 e. The van der Waals surface area contributed by atoms with Crippen LogP contribution < -0.4 is 5.73 Å². The summed E-state index contributed by atoms with van der Waals surface area (Å²) < 4.78 is 0. The summed E-state index contributed by atoms with van der Waals surface area (Å²) in [7, 11) is 0. The molecule has 0 aromatic heterocycles. The molecule has 4 unspecified atom stereocenters. The first kappa shape index (κ1) is 13.4. The molecule has 1 aliphatic heterocycles. The van der Waals surface area contributed by atoms with Crippen molar-refractivity contribution in [2.24, 2.45) is 23.5 Å². The first-order valence-electron chi connectivity index (χ1n) is 7.48. The molecule has 1 aliphatic carbocycles. The van der Waals surface area contributed by atoms with Gasteiger partial charge in [0.15, 0.2) is 0 Å². The second-order valence-corrected chi connectivity index (χ2v) is 7.20. The number of nitrogens with two attached hydrogens (primary N) is 1. The molecular formula is C15H30N2. The van der Waals surface area contributed by atoms with Gasteiger partial charge < -0.3 is 10.6 Å². The summed E-state index contributed by atoms with van der Waals surface area (Å²) in [5.74, 6) is 2.53. The fraction of sp³-hybridized carbons (Fsp3) is 1.00. The van der Waals surface area contributed by atoms with Gasteiger partial charge in [0.1, 0.15) is 0 Å². The van der Waals surface area contributed by atoms with E-state index in [0.717, 1.165) is 24.3 Å². The molecule has 2 nitrogen and oxygen atoms in total. The van der Waals surface area contributed by atoms with E-state index >= 15 is 0 Å². The third kappa shape index (κ3) is 3.69. The van der Waals surface area contributed by atoms with Gasteiger partial charge in [0.05, 0.1) is 0 Å². The quantitative estimate of drug-likeness (QED) is 0.801. The highest BCUT2D eigenvalue weighted by Crippen LogP contribution is 2.32. The lowest BCUT2D eigenvalue weighted by Gasteiger charge is -2.44. The summed E-state index contributed by atoms with van der Waals surface area (Å²) in [4.78, 5) is 2.64. The fourth-order valence-corrected chi connectivity index (χ4v) is 4.21. The highest BCUT2D eigenvalue weighted by atomic mass is 15.2. The zero-order valence-electron chi connectivity index (χ0n) is 11.9. The van der Waals surface area contributed by atoms with Gasteiger partial charge in [0, 0.05) is 25.2 Å². The molecule has 0 spiro atoms. The van der Waals surface area contributed by atoms with Gasteiger partial charge in [0.25, 0.3) is 0 Å². The molecule has 2 rings (SSSR count). The van der Waals surface area contributed by atoms with Crippen LogP contribution in [0.5, 0.6) is 0 Å². The molecule has 0 radical (unpaired) electrons. The van der Waals surface area contributed by atoms with Crippen LogP contribution in [0, 0.1) is 17.8 Å². The van der Waals surface area contributed by atoms with Gasteiger partial charge in [-0.15, -0.1) is 0 Å². The van der Waals surface area contributed by atoms with Gasteiger partial charge in [-0.1, -0.05) is 33.6 Å². The first-order chi connectivity index (χ1) is 7.97. The third-order valence-corrected chi connectivity index (χ3v) is 4.61. The maximum absolute atomic E-state index is 6.63. The lowest BCUT2D eigenvalue weighted by Crippen LogP contribution is -2.55. The lowest BCUT2D eigenvalue weighted by atomic mass is 9.76. The minimum atomic E-state index is 0.106. The van der Waals surface area contributed by atoms with Crippen molar-refractivity contribution >= 4 is 0 Å². The predicted molar refractivity (Wildman–Crippen MR) is 73.9 cm³/mol. The van der Waals surface area contributed by atoms with Crippen molar-refractivity contribution in [1.29, 1.82) is 0 Å². The van der Waals surface area contributed by atoms with E-state index in [1.807, 2.05) is 0 Å². The minimum Gasteiger partial charge on any atom is -0.324 e. The molecule has 2 heteroatoms. The van der Waals surface area contributed by atoms with Crippen molar-refractivity contribution < 1.29 is 0 Å². The fourth-order valence-electron chi connectivity index (χ4n) is 4.21. The number of hydrogen-bond donors (Lipinski definition) is 1. The molecule has 100 valence electrons. The predicted octanol–water partition coefficient (Wildman–Crippen LogP) is 2.87. The molecule has 0 bridgehead atoms. The SMILES string of the molecule is CC1CC(C)CN(CC2(N)CCCC(C)C2)C1. The van der Waals surface area contributed by atoms with E-state index in [0.29, 0.717) is 0 Å². The normalized spacial score (nSPS) is 44.8. The molecule has 1 saturated carbocycles. The maximum Gasteiger partial charge on any atom is 0.0285 e. The lowest BCUT2D eigenvalue weighted by molar-refractivity contribution is 0.0901. The van der Waals surface area contributed by atoms with Crippen LogP contribution in [0.25, 0.3) is 0 Å². The van der Waals surface area contributed by atoms with E-state index in [4.69, 9.17) is 5.73 Å². The molecule has 0 amide bonds. The summed E-state index contributed by atoms with van der Waals surface area (Å²) in [5, 5.41) is 0. The van der Waals surface area contributed by atoms with Gasteiger partial charge in [-0.2, -0.15) is 0 Å². The van der Waals surface area contributed by atoms with Crippen molar-refractivity contribution in [3.63, 3.8) is 0 Å². The Morgan fingerprint density at radius 2 is 1.76 bits per heavy atom. The second-order valence-electron chi connectivity index (χ2n) is 7.20. The van der Waals surface area contributed by atoms with Crippen molar-refractivity contribution in [2.75, 3.05) is 19.6 Å². The standard InChI is InChI=1S/C15H30N2/c1-12-5-4-6-15(16,8-12)11-17-9-13(2)7-14(3)10-17/h12-14H,4-11,16H2,1-3H3. The van der Waals surface area contributed by atoms with E-state index in [-0.39, 0.29) is 5.54 Å². The molecule has 2 aliphatic rings. The number of piperidine rings is 1. The van der Waals surface area contributed by atoms with Crippen LogP contribution in [0.4, 0.5) is 0 Å². The largest absolute Gasteiger partial charge is 0.324 e. The Balaban J connectivity index is 1.90. The monoisotopic (exact) mass is 238 g/mol. The van der Waals surface area contributed by atoms with E-state index < -0.39 is 0 Å². The van der Waals surface area contributed by atoms with Crippen molar-refractivity contribution in [1.82, 2.24) is 4.90 Å². The maximum atomic E-state index is 6.63. The van der Waals surface area contributed by atoms with E-state index in [9.17, 15) is 0 Å². The molecule has 4 atom stereocenters. The van der Waals surface area contributed by atoms with Crippen molar-refractivity contribution in [3.05, 3.63) is 0 Å². The highest BCUT2D eigenvalue weighted by molar-refractivity contribution is 4.93. The van der Waals surface area contributed by atoms with Crippen LogP contribution in [0.2, 0.25) is 0 Å². The van der Waals surface area contributed by atoms with Gasteiger partial charge in [-0.25, -0.2) is 0 Å². The summed E-state index contributed by atoms with van der Waals surface area (Å²) in [6.45, 7) is 10.8. The van der Waals surface area contributed by atoms with Crippen LogP contribution in [0.3, 0.4) is 0 Å². The average Bonchev–Trinajstić information content (AvgIpc) is 2.13. The van der Waals surface area contributed by atoms with E-state index in [1.165, 1.54) is 45.2 Å². The molecule has 0 aromatic rings. The van der Waals surface area contributed by atoms with Crippen molar-refractivity contribution in [3.8, 4) is 0 Å². The molecule has 2 N–H and O–H groups in total. The molecule has 0 aromatic carbocycles. The second kappa shape index (κ2) is 5.27. The molecule has 17 heavy (non-hydrogen) atoms. The average molecular weight is 238 g/mol. The Kier molecular flexibility index (Phi) is 4.14. The van der Waals surface area contributed by atoms with Crippen LogP contribution in [0.1, 0.15) is 52.9 Å². The zero-order valence-corrected chi connectivity index (χ0v) is 11.9. The number of hydrogen-bond acceptors (Lipinski definition) is 2. The highest BCUT2D eigenvalue weighted by Gasteiger charge is 2.34. The number of rotatable bonds is 2. The van der Waals surface area contributed by atoms with Gasteiger partial charge in [-0.05, 0) is 37.0 Å². The topological polar surface area (TPSA) is 29.3 Å². The summed E-state index contributed by atoms with van der Waals surface area (Å²) in [5.41, 5.74) is 6.74. The third-order valence-electron chi connectivity index (χ3n) is 4.61. The van der Waals surface area contributed by atoms with E-state index in [2.05, 4.69) is 25.7 Å². The Morgan fingerprint density at radius 3 is 2.35 bits per heavy atom. The molecular weight excluding hydrogens is 208 g/mol. The Morgan fingerprint density at radius 1 is 1.12 bits per heavy atom. The molecule has 1 saturated heterocycles. The van der Waals surface area contributed by atoms with Gasteiger partial charge in [-0.3, -0.25) is 0 Å². The Labute approximate surface area is 107 Å². The van der Waals surface area contributed by atoms with Crippen LogP contribution in [-0.4, -0.2) is 30.1 Å². The molecule has 1 heterocycles. The summed E-state index contributed by atoms with van der Waals surface area (Å²) >= 11 is 0. The summed E-state index contributed by atoms with van der Waals surface area (Å²) in [6.07, 6.45) is 6.57. The van der Waals surface area contributed by atoms with Crippen molar-refractivity contribution in [2.45, 2.75) is 58.4 Å². The Hall–Kier alpha value is -0.0800. The van der Waals surface area contributed by atoms with Gasteiger partial charge >= 0.3 is 0 Å². The van der Waals surface area contributed by atoms with Crippen LogP contribution >= 0.6 is 0 Å². The first-order valence-corrected chi connectivity index (χ1v) is 7.48. The van der Waals surface area contributed by atoms with E-state index in [1.54, 1.807) is 0 Å². The minimum absolute atomic E-state index is 0.106. The Bertz CT molecular complexity index is 243. The zero-order chi connectivity index (χ0) is 12.5. The van der Waals surface area contributed by atoms with Crippen LogP contribution in [-0.2, 0) is 0 Å². The molecule has 2 fully saturated rings. The number of nitrogens with zero attached hydrogens (tertiary/aromatic N) is 1. The van der Waals surface area contributed by atoms with Gasteiger partial charge in [0.2, 0.25) is 0 Å². The summed E-state index contributed by atoms with van der Waals surface area (Å²) in [6, 6.07) is 0.